The summed E-state index contributed by atoms with van der Waals surface area (Å²) in [6.07, 6.45) is 0. The molecule has 0 saturated carbocycles. The summed E-state index contributed by atoms with van der Waals surface area (Å²) in [5.74, 6) is 0. The molecule has 1 heterocycles. The van der Waals surface area contributed by atoms with Crippen molar-refractivity contribution < 1.29 is 0 Å². The molecule has 0 fully saturated rings. The lowest BCUT2D eigenvalue weighted by Gasteiger charge is -2.27. The molecule has 0 aliphatic heterocycles. The molecule has 4 heteroatoms. The van der Waals surface area contributed by atoms with Crippen molar-refractivity contribution in [2.45, 2.75) is 19.6 Å². The number of benzene rings is 8. The van der Waals surface area contributed by atoms with Crippen LogP contribution >= 0.6 is 11.3 Å². The summed E-state index contributed by atoms with van der Waals surface area (Å²) in [6.45, 7) is 7.22. The van der Waals surface area contributed by atoms with Crippen LogP contribution in [0.3, 0.4) is 0 Å². The highest BCUT2D eigenvalue weighted by Gasteiger charge is 2.21. The standard InChI is InChI=1S/C47H38N2SSi/c1-51(2,3)39-27-23-36(24-28-39)49(35-19-11-6-12-20-35)37-25-29-42-44(31-37)40-21-13-14-22-41(40)46-43-30-26-38(32-45(43)50-47(42)46)48(33-15-7-4-8-16-33)34-17-9-5-10-18-34/h4-32H,1-3H3. The largest absolute Gasteiger partial charge is 0.310 e. The molecule has 9 rings (SSSR count). The molecule has 0 aliphatic carbocycles. The highest BCUT2D eigenvalue weighted by molar-refractivity contribution is 7.27. The fraction of sp³-hybridized carbons (Fsp3) is 0.0638. The Hall–Kier alpha value is -5.68. The fourth-order valence-corrected chi connectivity index (χ4v) is 9.90. The SMILES string of the molecule is C[Si](C)(C)c1ccc(N(c2ccccc2)c2ccc3c(c2)c2ccccc2c2c4ccc(N(c5ccccc5)c5ccccc5)cc4sc32)cc1. The van der Waals surface area contributed by atoms with Crippen LogP contribution in [0.25, 0.3) is 41.7 Å². The molecule has 0 aliphatic rings. The molecule has 9 aromatic rings. The van der Waals surface area contributed by atoms with E-state index in [0.717, 1.165) is 28.4 Å². The van der Waals surface area contributed by atoms with E-state index >= 15 is 0 Å². The summed E-state index contributed by atoms with van der Waals surface area (Å²) in [7, 11) is -1.42. The quantitative estimate of drug-likeness (QED) is 0.121. The normalized spacial score (nSPS) is 11.8. The lowest BCUT2D eigenvalue weighted by atomic mass is 9.96. The Morgan fingerprint density at radius 1 is 0.373 bits per heavy atom. The van der Waals surface area contributed by atoms with E-state index in [0.29, 0.717) is 0 Å². The maximum Gasteiger partial charge on any atom is 0.0775 e. The van der Waals surface area contributed by atoms with Crippen molar-refractivity contribution in [3.05, 3.63) is 176 Å². The molecule has 0 N–H and O–H groups in total. The van der Waals surface area contributed by atoms with Gasteiger partial charge in [-0.1, -0.05) is 128 Å². The molecule has 51 heavy (non-hydrogen) atoms. The van der Waals surface area contributed by atoms with Gasteiger partial charge in [-0.25, -0.2) is 0 Å². The van der Waals surface area contributed by atoms with Crippen LogP contribution in [-0.2, 0) is 0 Å². The van der Waals surface area contributed by atoms with E-state index in [1.54, 1.807) is 0 Å². The van der Waals surface area contributed by atoms with Gasteiger partial charge in [-0.05, 0) is 89.0 Å². The Labute approximate surface area is 304 Å². The summed E-state index contributed by atoms with van der Waals surface area (Å²) in [5, 5.41) is 9.25. The third kappa shape index (κ3) is 5.57. The molecule has 0 radical (unpaired) electrons. The van der Waals surface area contributed by atoms with Crippen molar-refractivity contribution in [2.24, 2.45) is 0 Å². The van der Waals surface area contributed by atoms with E-state index in [2.05, 4.69) is 205 Å². The van der Waals surface area contributed by atoms with Crippen LogP contribution < -0.4 is 15.0 Å². The molecule has 0 atom stereocenters. The maximum atomic E-state index is 2.41. The molecule has 8 aromatic carbocycles. The summed E-state index contributed by atoms with van der Waals surface area (Å²) in [4.78, 5) is 4.74. The summed E-state index contributed by atoms with van der Waals surface area (Å²) >= 11 is 1.90. The van der Waals surface area contributed by atoms with Crippen LogP contribution in [0.2, 0.25) is 19.6 Å². The number of anilines is 6. The van der Waals surface area contributed by atoms with E-state index in [9.17, 15) is 0 Å². The number of para-hydroxylation sites is 3. The van der Waals surface area contributed by atoms with Gasteiger partial charge in [-0.3, -0.25) is 0 Å². The fourth-order valence-electron chi connectivity index (χ4n) is 7.45. The van der Waals surface area contributed by atoms with Crippen LogP contribution in [0.4, 0.5) is 34.1 Å². The van der Waals surface area contributed by atoms with Crippen molar-refractivity contribution in [2.75, 3.05) is 9.80 Å². The predicted molar refractivity (Wildman–Crippen MR) is 227 cm³/mol. The van der Waals surface area contributed by atoms with Crippen molar-refractivity contribution in [3.63, 3.8) is 0 Å². The van der Waals surface area contributed by atoms with E-state index < -0.39 is 8.07 Å². The first-order valence-electron chi connectivity index (χ1n) is 17.6. The van der Waals surface area contributed by atoms with Gasteiger partial charge in [0.2, 0.25) is 0 Å². The molecule has 246 valence electrons. The summed E-state index contributed by atoms with van der Waals surface area (Å²) in [6, 6.07) is 64.3. The number of nitrogens with zero attached hydrogens (tertiary/aromatic N) is 2. The van der Waals surface area contributed by atoms with Crippen LogP contribution in [-0.4, -0.2) is 8.07 Å². The second-order valence-corrected chi connectivity index (χ2v) is 20.4. The van der Waals surface area contributed by atoms with Crippen LogP contribution in [0.15, 0.2) is 176 Å². The van der Waals surface area contributed by atoms with E-state index in [-0.39, 0.29) is 0 Å². The minimum Gasteiger partial charge on any atom is -0.310 e. The molecule has 1 aromatic heterocycles. The molecular formula is C47H38N2SSi. The molecule has 2 nitrogen and oxygen atoms in total. The monoisotopic (exact) mass is 690 g/mol. The van der Waals surface area contributed by atoms with Gasteiger partial charge in [0.15, 0.2) is 0 Å². The van der Waals surface area contributed by atoms with Crippen LogP contribution in [0.1, 0.15) is 0 Å². The number of hydrogen-bond donors (Lipinski definition) is 0. The number of thiophene rings is 1. The van der Waals surface area contributed by atoms with E-state index in [1.165, 1.54) is 52.6 Å². The zero-order valence-electron chi connectivity index (χ0n) is 29.0. The Bertz CT molecular complexity index is 2620. The number of fused-ring (bicyclic) bond motifs is 8. The van der Waals surface area contributed by atoms with Crippen molar-refractivity contribution in [3.8, 4) is 0 Å². The van der Waals surface area contributed by atoms with Gasteiger partial charge in [0.05, 0.1) is 8.07 Å². The smallest absolute Gasteiger partial charge is 0.0775 e. The first-order chi connectivity index (χ1) is 24.9. The predicted octanol–water partition coefficient (Wildman–Crippen LogP) is 13.8. The van der Waals surface area contributed by atoms with Gasteiger partial charge in [0, 0.05) is 59.7 Å². The zero-order chi connectivity index (χ0) is 34.5. The molecular weight excluding hydrogens is 653 g/mol. The topological polar surface area (TPSA) is 6.48 Å². The number of hydrogen-bond acceptors (Lipinski definition) is 3. The third-order valence-electron chi connectivity index (χ3n) is 9.96. The first-order valence-corrected chi connectivity index (χ1v) is 21.9. The minimum atomic E-state index is -1.42. The maximum absolute atomic E-state index is 2.41. The third-order valence-corrected chi connectivity index (χ3v) is 13.2. The molecule has 0 amide bonds. The van der Waals surface area contributed by atoms with Gasteiger partial charge in [-0.15, -0.1) is 11.3 Å². The van der Waals surface area contributed by atoms with Crippen LogP contribution in [0, 0.1) is 0 Å². The van der Waals surface area contributed by atoms with Crippen LogP contribution in [0.5, 0.6) is 0 Å². The van der Waals surface area contributed by atoms with Crippen molar-refractivity contribution >= 4 is 100 Å². The molecule has 0 saturated heterocycles. The van der Waals surface area contributed by atoms with Gasteiger partial charge >= 0.3 is 0 Å². The van der Waals surface area contributed by atoms with E-state index in [1.807, 2.05) is 11.3 Å². The average Bonchev–Trinajstić information content (AvgIpc) is 3.56. The number of rotatable bonds is 7. The second-order valence-electron chi connectivity index (χ2n) is 14.2. The van der Waals surface area contributed by atoms with Gasteiger partial charge in [0.1, 0.15) is 0 Å². The minimum absolute atomic E-state index is 1.14. The first kappa shape index (κ1) is 31.3. The summed E-state index contributed by atoms with van der Waals surface area (Å²) in [5.41, 5.74) is 6.92. The van der Waals surface area contributed by atoms with Gasteiger partial charge in [0.25, 0.3) is 0 Å². The Morgan fingerprint density at radius 3 is 1.37 bits per heavy atom. The lowest BCUT2D eigenvalue weighted by Crippen LogP contribution is -2.37. The average molecular weight is 691 g/mol. The molecule has 0 unspecified atom stereocenters. The molecule has 0 spiro atoms. The second kappa shape index (κ2) is 12.6. The Morgan fingerprint density at radius 2 is 0.824 bits per heavy atom. The van der Waals surface area contributed by atoms with Gasteiger partial charge < -0.3 is 9.80 Å². The zero-order valence-corrected chi connectivity index (χ0v) is 30.9. The molecule has 0 bridgehead atoms. The van der Waals surface area contributed by atoms with E-state index in [4.69, 9.17) is 0 Å². The highest BCUT2D eigenvalue weighted by Crippen LogP contribution is 2.47. The van der Waals surface area contributed by atoms with Crippen molar-refractivity contribution in [1.82, 2.24) is 0 Å². The van der Waals surface area contributed by atoms with Gasteiger partial charge in [-0.2, -0.15) is 0 Å². The summed E-state index contributed by atoms with van der Waals surface area (Å²) < 4.78 is 2.62. The van der Waals surface area contributed by atoms with Crippen molar-refractivity contribution in [1.29, 1.82) is 0 Å². The Balaban J connectivity index is 1.24. The Kier molecular flexibility index (Phi) is 7.72. The lowest BCUT2D eigenvalue weighted by molar-refractivity contribution is 1.29. The highest BCUT2D eigenvalue weighted by atomic mass is 32.1.